The van der Waals surface area contributed by atoms with Gasteiger partial charge in [0.2, 0.25) is 5.91 Å². The van der Waals surface area contributed by atoms with E-state index in [0.29, 0.717) is 13.0 Å². The number of hydrogen-bond donors (Lipinski definition) is 1. The molecule has 1 aromatic heterocycles. The van der Waals surface area contributed by atoms with Crippen LogP contribution in [0.2, 0.25) is 5.02 Å². The molecule has 0 aliphatic carbocycles. The number of nitrogens with one attached hydrogen (secondary N) is 1. The lowest BCUT2D eigenvalue weighted by Crippen LogP contribution is -2.29. The maximum atomic E-state index is 12.1. The third kappa shape index (κ3) is 6.10. The summed E-state index contributed by atoms with van der Waals surface area (Å²) in [5.41, 5.74) is 2.04. The van der Waals surface area contributed by atoms with E-state index in [9.17, 15) is 4.79 Å². The van der Waals surface area contributed by atoms with Crippen LogP contribution in [0.25, 0.3) is 0 Å². The standard InChI is InChI=1S/C19H24ClN3OS/c20-16-6-4-15(5-7-16)8-9-21-18(24)12-17-14-25-19(22-17)13-23-10-2-1-3-11-23/h4-7,14H,1-3,8-13H2,(H,21,24). The van der Waals surface area contributed by atoms with E-state index in [0.717, 1.165) is 28.7 Å². The topological polar surface area (TPSA) is 45.2 Å². The smallest absolute Gasteiger partial charge is 0.226 e. The number of benzene rings is 1. The Morgan fingerprint density at radius 3 is 2.72 bits per heavy atom. The molecule has 134 valence electrons. The lowest BCUT2D eigenvalue weighted by Gasteiger charge is -2.25. The zero-order chi connectivity index (χ0) is 17.5. The largest absolute Gasteiger partial charge is 0.355 e. The number of thiazole rings is 1. The number of likely N-dealkylation sites (tertiary alicyclic amines) is 1. The molecular formula is C19H24ClN3OS. The molecule has 0 radical (unpaired) electrons. The van der Waals surface area contributed by atoms with Crippen molar-refractivity contribution in [3.63, 3.8) is 0 Å². The molecule has 1 saturated heterocycles. The van der Waals surface area contributed by atoms with E-state index in [4.69, 9.17) is 11.6 Å². The molecule has 3 rings (SSSR count). The van der Waals surface area contributed by atoms with Crippen molar-refractivity contribution in [1.29, 1.82) is 0 Å². The van der Waals surface area contributed by atoms with Crippen molar-refractivity contribution in [3.05, 3.63) is 50.9 Å². The number of carbonyl (C=O) groups is 1. The van der Waals surface area contributed by atoms with Gasteiger partial charge in [-0.3, -0.25) is 9.69 Å². The van der Waals surface area contributed by atoms with Crippen LogP contribution in [0.3, 0.4) is 0 Å². The summed E-state index contributed by atoms with van der Waals surface area (Å²) in [6, 6.07) is 7.72. The first kappa shape index (κ1) is 18.4. The Kier molecular flexibility index (Phi) is 6.84. The molecule has 2 heterocycles. The number of aromatic nitrogens is 1. The highest BCUT2D eigenvalue weighted by Crippen LogP contribution is 2.16. The maximum Gasteiger partial charge on any atom is 0.226 e. The lowest BCUT2D eigenvalue weighted by atomic mass is 10.1. The second-order valence-electron chi connectivity index (χ2n) is 6.47. The van der Waals surface area contributed by atoms with E-state index in [1.807, 2.05) is 29.6 Å². The molecule has 1 fully saturated rings. The van der Waals surface area contributed by atoms with E-state index in [-0.39, 0.29) is 5.91 Å². The third-order valence-electron chi connectivity index (χ3n) is 4.40. The van der Waals surface area contributed by atoms with E-state index in [2.05, 4.69) is 15.2 Å². The number of amides is 1. The summed E-state index contributed by atoms with van der Waals surface area (Å²) >= 11 is 7.53. The molecule has 0 spiro atoms. The summed E-state index contributed by atoms with van der Waals surface area (Å²) in [5, 5.41) is 6.83. The molecule has 0 atom stereocenters. The summed E-state index contributed by atoms with van der Waals surface area (Å²) in [6.07, 6.45) is 5.08. The zero-order valence-electron chi connectivity index (χ0n) is 14.3. The molecule has 25 heavy (non-hydrogen) atoms. The summed E-state index contributed by atoms with van der Waals surface area (Å²) in [7, 11) is 0. The van der Waals surface area contributed by atoms with Crippen LogP contribution in [0.4, 0.5) is 0 Å². The Balaban J connectivity index is 1.39. The predicted molar refractivity (Wildman–Crippen MR) is 103 cm³/mol. The third-order valence-corrected chi connectivity index (χ3v) is 5.53. The zero-order valence-corrected chi connectivity index (χ0v) is 15.9. The lowest BCUT2D eigenvalue weighted by molar-refractivity contribution is -0.120. The second-order valence-corrected chi connectivity index (χ2v) is 7.85. The van der Waals surface area contributed by atoms with Crippen molar-refractivity contribution in [1.82, 2.24) is 15.2 Å². The van der Waals surface area contributed by atoms with Gasteiger partial charge in [0.25, 0.3) is 0 Å². The molecule has 0 unspecified atom stereocenters. The van der Waals surface area contributed by atoms with Crippen LogP contribution in [0.5, 0.6) is 0 Å². The van der Waals surface area contributed by atoms with Crippen molar-refractivity contribution in [3.8, 4) is 0 Å². The number of hydrogen-bond acceptors (Lipinski definition) is 4. The second kappa shape index (κ2) is 9.32. The molecule has 1 aliphatic rings. The van der Waals surface area contributed by atoms with Crippen LogP contribution in [0, 0.1) is 0 Å². The van der Waals surface area contributed by atoms with Crippen LogP contribution in [0.1, 0.15) is 35.5 Å². The minimum Gasteiger partial charge on any atom is -0.355 e. The van der Waals surface area contributed by atoms with Gasteiger partial charge < -0.3 is 5.32 Å². The first-order valence-electron chi connectivity index (χ1n) is 8.86. The Morgan fingerprint density at radius 2 is 1.96 bits per heavy atom. The number of nitrogens with zero attached hydrogens (tertiary/aromatic N) is 2. The van der Waals surface area contributed by atoms with Gasteiger partial charge >= 0.3 is 0 Å². The van der Waals surface area contributed by atoms with Crippen molar-refractivity contribution >= 4 is 28.8 Å². The highest BCUT2D eigenvalue weighted by Gasteiger charge is 2.13. The van der Waals surface area contributed by atoms with Crippen LogP contribution < -0.4 is 5.32 Å². The SMILES string of the molecule is O=C(Cc1csc(CN2CCCCC2)n1)NCCc1ccc(Cl)cc1. The van der Waals surface area contributed by atoms with Gasteiger partial charge in [0.1, 0.15) is 5.01 Å². The first-order valence-corrected chi connectivity index (χ1v) is 10.1. The van der Waals surface area contributed by atoms with Crippen molar-refractivity contribution in [2.75, 3.05) is 19.6 Å². The van der Waals surface area contributed by atoms with Crippen molar-refractivity contribution in [2.24, 2.45) is 0 Å². The Bertz CT molecular complexity index is 680. The average molecular weight is 378 g/mol. The Labute approximate surface area is 158 Å². The molecule has 1 amide bonds. The summed E-state index contributed by atoms with van der Waals surface area (Å²) in [4.78, 5) is 19.2. The van der Waals surface area contributed by atoms with Gasteiger partial charge in [-0.15, -0.1) is 11.3 Å². The minimum absolute atomic E-state index is 0.0313. The van der Waals surface area contributed by atoms with E-state index < -0.39 is 0 Å². The van der Waals surface area contributed by atoms with Crippen LogP contribution in [-0.4, -0.2) is 35.4 Å². The van der Waals surface area contributed by atoms with Gasteiger partial charge in [-0.25, -0.2) is 4.98 Å². The number of carbonyl (C=O) groups excluding carboxylic acids is 1. The first-order chi connectivity index (χ1) is 12.2. The number of piperidine rings is 1. The van der Waals surface area contributed by atoms with Crippen LogP contribution in [0.15, 0.2) is 29.6 Å². The predicted octanol–water partition coefficient (Wildman–Crippen LogP) is 3.68. The fourth-order valence-electron chi connectivity index (χ4n) is 3.04. The molecule has 6 heteroatoms. The molecule has 2 aromatic rings. The summed E-state index contributed by atoms with van der Waals surface area (Å²) in [5.74, 6) is 0.0313. The van der Waals surface area contributed by atoms with E-state index >= 15 is 0 Å². The van der Waals surface area contributed by atoms with Crippen molar-refractivity contribution in [2.45, 2.75) is 38.6 Å². The Morgan fingerprint density at radius 1 is 1.20 bits per heavy atom. The monoisotopic (exact) mass is 377 g/mol. The molecule has 1 aromatic carbocycles. The molecule has 4 nitrogen and oxygen atoms in total. The summed E-state index contributed by atoms with van der Waals surface area (Å²) < 4.78 is 0. The van der Waals surface area contributed by atoms with Gasteiger partial charge in [0.05, 0.1) is 18.7 Å². The van der Waals surface area contributed by atoms with Gasteiger partial charge in [0, 0.05) is 16.9 Å². The quantitative estimate of drug-likeness (QED) is 0.800. The van der Waals surface area contributed by atoms with Gasteiger partial charge in [-0.2, -0.15) is 0 Å². The molecule has 0 bridgehead atoms. The average Bonchev–Trinajstić information content (AvgIpc) is 3.04. The van der Waals surface area contributed by atoms with Crippen molar-refractivity contribution < 1.29 is 4.79 Å². The van der Waals surface area contributed by atoms with E-state index in [1.165, 1.54) is 37.9 Å². The molecule has 1 N–H and O–H groups in total. The van der Waals surface area contributed by atoms with Crippen LogP contribution in [-0.2, 0) is 24.2 Å². The number of halogens is 1. The molecule has 1 aliphatic heterocycles. The fourth-order valence-corrected chi connectivity index (χ4v) is 4.00. The van der Waals surface area contributed by atoms with Crippen LogP contribution >= 0.6 is 22.9 Å². The summed E-state index contributed by atoms with van der Waals surface area (Å²) in [6.45, 7) is 3.88. The fraction of sp³-hybridized carbons (Fsp3) is 0.474. The Hall–Kier alpha value is -1.43. The van der Waals surface area contributed by atoms with E-state index in [1.54, 1.807) is 11.3 Å². The van der Waals surface area contributed by atoms with Gasteiger partial charge in [0.15, 0.2) is 0 Å². The van der Waals surface area contributed by atoms with Gasteiger partial charge in [-0.1, -0.05) is 30.2 Å². The normalized spacial score (nSPS) is 15.2. The van der Waals surface area contributed by atoms with Gasteiger partial charge in [-0.05, 0) is 50.0 Å². The molecule has 0 saturated carbocycles. The molecular weight excluding hydrogens is 354 g/mol. The minimum atomic E-state index is 0.0313. The maximum absolute atomic E-state index is 12.1. The highest BCUT2D eigenvalue weighted by atomic mass is 35.5. The number of rotatable bonds is 7. The highest BCUT2D eigenvalue weighted by molar-refractivity contribution is 7.09.